The Kier molecular flexibility index (Phi) is 4.94. The number of para-hydroxylation sites is 1. The first-order chi connectivity index (χ1) is 12.1. The number of benzene rings is 1. The smallest absolute Gasteiger partial charge is 0.274 e. The van der Waals surface area contributed by atoms with Crippen LogP contribution in [-0.4, -0.2) is 20.9 Å². The highest BCUT2D eigenvalue weighted by Crippen LogP contribution is 2.14. The van der Waals surface area contributed by atoms with E-state index in [0.29, 0.717) is 18.2 Å². The van der Waals surface area contributed by atoms with Crippen LogP contribution in [0.3, 0.4) is 0 Å². The topological polar surface area (TPSA) is 79.8 Å². The summed E-state index contributed by atoms with van der Waals surface area (Å²) in [6.07, 6.45) is 3.42. The Morgan fingerprint density at radius 3 is 2.76 bits per heavy atom. The molecule has 0 radical (unpaired) electrons. The standard InChI is InChI=1S/C18H16FN5O/c1-12-9-16(17(25)23-15-7-3-2-6-14(15)19)24-18(22-12)21-11-13-5-4-8-20-10-13/h2-10H,11H2,1H3,(H,23,25)(H,21,22,24). The van der Waals surface area contributed by atoms with Crippen molar-refractivity contribution in [3.05, 3.63) is 77.6 Å². The van der Waals surface area contributed by atoms with Crippen molar-refractivity contribution < 1.29 is 9.18 Å². The van der Waals surface area contributed by atoms with Gasteiger partial charge in [-0.25, -0.2) is 14.4 Å². The van der Waals surface area contributed by atoms with E-state index < -0.39 is 11.7 Å². The molecule has 0 aliphatic heterocycles. The van der Waals surface area contributed by atoms with Crippen LogP contribution in [0, 0.1) is 12.7 Å². The number of rotatable bonds is 5. The lowest BCUT2D eigenvalue weighted by molar-refractivity contribution is 0.102. The predicted octanol–water partition coefficient (Wildman–Crippen LogP) is 3.18. The van der Waals surface area contributed by atoms with Gasteiger partial charge in [0.15, 0.2) is 0 Å². The van der Waals surface area contributed by atoms with Gasteiger partial charge in [0.1, 0.15) is 11.5 Å². The summed E-state index contributed by atoms with van der Waals surface area (Å²) in [7, 11) is 0. The molecule has 0 atom stereocenters. The van der Waals surface area contributed by atoms with E-state index in [0.717, 1.165) is 5.56 Å². The van der Waals surface area contributed by atoms with Gasteiger partial charge < -0.3 is 10.6 Å². The molecule has 0 saturated carbocycles. The molecule has 2 heterocycles. The number of carbonyl (C=O) groups excluding carboxylic acids is 1. The molecule has 0 fully saturated rings. The number of amides is 1. The second-order valence-electron chi connectivity index (χ2n) is 5.37. The number of aromatic nitrogens is 3. The van der Waals surface area contributed by atoms with Crippen LogP contribution in [0.15, 0.2) is 54.9 Å². The normalized spacial score (nSPS) is 10.3. The van der Waals surface area contributed by atoms with Crippen molar-refractivity contribution in [3.63, 3.8) is 0 Å². The summed E-state index contributed by atoms with van der Waals surface area (Å²) in [6, 6.07) is 11.3. The first-order valence-corrected chi connectivity index (χ1v) is 7.66. The molecule has 25 heavy (non-hydrogen) atoms. The third-order valence-electron chi connectivity index (χ3n) is 3.38. The highest BCUT2D eigenvalue weighted by atomic mass is 19.1. The molecule has 3 aromatic rings. The summed E-state index contributed by atoms with van der Waals surface area (Å²) in [6.45, 7) is 2.24. The van der Waals surface area contributed by atoms with E-state index in [1.807, 2.05) is 12.1 Å². The summed E-state index contributed by atoms with van der Waals surface area (Å²) >= 11 is 0. The average molecular weight is 337 g/mol. The molecule has 0 aliphatic rings. The Bertz CT molecular complexity index is 886. The van der Waals surface area contributed by atoms with Crippen LogP contribution in [0.25, 0.3) is 0 Å². The van der Waals surface area contributed by atoms with Crippen molar-refractivity contribution in [2.45, 2.75) is 13.5 Å². The fraction of sp³-hybridized carbons (Fsp3) is 0.111. The SMILES string of the molecule is Cc1cc(C(=O)Nc2ccccc2F)nc(NCc2cccnc2)n1. The summed E-state index contributed by atoms with van der Waals surface area (Å²) in [5.41, 5.74) is 1.85. The average Bonchev–Trinajstić information content (AvgIpc) is 2.62. The zero-order valence-electron chi connectivity index (χ0n) is 13.5. The zero-order valence-corrected chi connectivity index (χ0v) is 13.5. The van der Waals surface area contributed by atoms with Crippen LogP contribution < -0.4 is 10.6 Å². The molecule has 1 amide bonds. The van der Waals surface area contributed by atoms with E-state index in [9.17, 15) is 9.18 Å². The summed E-state index contributed by atoms with van der Waals surface area (Å²) < 4.78 is 13.7. The molecule has 126 valence electrons. The number of nitrogens with one attached hydrogen (secondary N) is 2. The van der Waals surface area contributed by atoms with Crippen LogP contribution in [0.4, 0.5) is 16.0 Å². The van der Waals surface area contributed by atoms with Gasteiger partial charge in [-0.1, -0.05) is 18.2 Å². The molecule has 0 aliphatic carbocycles. The summed E-state index contributed by atoms with van der Waals surface area (Å²) in [5.74, 6) is -0.681. The lowest BCUT2D eigenvalue weighted by Gasteiger charge is -2.09. The second-order valence-corrected chi connectivity index (χ2v) is 5.37. The van der Waals surface area contributed by atoms with Crippen LogP contribution in [0.5, 0.6) is 0 Å². The highest BCUT2D eigenvalue weighted by molar-refractivity contribution is 6.03. The number of nitrogens with zero attached hydrogens (tertiary/aromatic N) is 3. The minimum absolute atomic E-state index is 0.105. The summed E-state index contributed by atoms with van der Waals surface area (Å²) in [5, 5.41) is 5.57. The Hall–Kier alpha value is -3.35. The predicted molar refractivity (Wildman–Crippen MR) is 92.7 cm³/mol. The van der Waals surface area contributed by atoms with Gasteiger partial charge in [-0.3, -0.25) is 9.78 Å². The molecule has 1 aromatic carbocycles. The van der Waals surface area contributed by atoms with Gasteiger partial charge in [0.2, 0.25) is 5.95 Å². The quantitative estimate of drug-likeness (QED) is 0.747. The number of hydrogen-bond donors (Lipinski definition) is 2. The number of pyridine rings is 1. The number of anilines is 2. The maximum Gasteiger partial charge on any atom is 0.274 e. The van der Waals surface area contributed by atoms with Gasteiger partial charge in [-0.15, -0.1) is 0 Å². The molecule has 3 rings (SSSR count). The first kappa shape index (κ1) is 16.5. The van der Waals surface area contributed by atoms with Crippen LogP contribution in [0.1, 0.15) is 21.7 Å². The van der Waals surface area contributed by atoms with Crippen LogP contribution >= 0.6 is 0 Å². The number of aryl methyl sites for hydroxylation is 1. The van der Waals surface area contributed by atoms with E-state index in [1.54, 1.807) is 37.5 Å². The van der Waals surface area contributed by atoms with Gasteiger partial charge in [0.25, 0.3) is 5.91 Å². The third-order valence-corrected chi connectivity index (χ3v) is 3.38. The van der Waals surface area contributed by atoms with Crippen molar-refractivity contribution in [3.8, 4) is 0 Å². The molecule has 0 bridgehead atoms. The fourth-order valence-electron chi connectivity index (χ4n) is 2.20. The monoisotopic (exact) mass is 337 g/mol. The highest BCUT2D eigenvalue weighted by Gasteiger charge is 2.12. The van der Waals surface area contributed by atoms with Crippen molar-refractivity contribution in [1.29, 1.82) is 0 Å². The van der Waals surface area contributed by atoms with Crippen molar-refractivity contribution in [2.75, 3.05) is 10.6 Å². The Balaban J connectivity index is 1.74. The molecular weight excluding hydrogens is 321 g/mol. The van der Waals surface area contributed by atoms with Gasteiger partial charge in [0.05, 0.1) is 5.69 Å². The molecule has 7 heteroatoms. The molecule has 0 spiro atoms. The van der Waals surface area contributed by atoms with E-state index >= 15 is 0 Å². The maximum absolute atomic E-state index is 13.7. The fourth-order valence-corrected chi connectivity index (χ4v) is 2.20. The van der Waals surface area contributed by atoms with Crippen molar-refractivity contribution in [2.24, 2.45) is 0 Å². The zero-order chi connectivity index (χ0) is 17.6. The first-order valence-electron chi connectivity index (χ1n) is 7.66. The molecular formula is C18H16FN5O. The molecule has 6 nitrogen and oxygen atoms in total. The van der Waals surface area contributed by atoms with Crippen LogP contribution in [-0.2, 0) is 6.54 Å². The van der Waals surface area contributed by atoms with E-state index in [-0.39, 0.29) is 11.4 Å². The van der Waals surface area contributed by atoms with Crippen molar-refractivity contribution >= 4 is 17.5 Å². The van der Waals surface area contributed by atoms with E-state index in [2.05, 4.69) is 25.6 Å². The van der Waals surface area contributed by atoms with Gasteiger partial charge in [-0.2, -0.15) is 0 Å². The molecule has 0 unspecified atom stereocenters. The largest absolute Gasteiger partial charge is 0.350 e. The Morgan fingerprint density at radius 1 is 1.16 bits per heavy atom. The second kappa shape index (κ2) is 7.48. The number of hydrogen-bond acceptors (Lipinski definition) is 5. The Labute approximate surface area is 144 Å². The number of halogens is 1. The third kappa shape index (κ3) is 4.35. The lowest BCUT2D eigenvalue weighted by Crippen LogP contribution is -2.16. The Morgan fingerprint density at radius 2 is 2.00 bits per heavy atom. The molecule has 0 saturated heterocycles. The van der Waals surface area contributed by atoms with Gasteiger partial charge in [0, 0.05) is 24.6 Å². The maximum atomic E-state index is 13.7. The lowest BCUT2D eigenvalue weighted by atomic mass is 10.2. The molecule has 2 N–H and O–H groups in total. The van der Waals surface area contributed by atoms with Gasteiger partial charge >= 0.3 is 0 Å². The van der Waals surface area contributed by atoms with E-state index in [1.165, 1.54) is 12.1 Å². The minimum Gasteiger partial charge on any atom is -0.350 e. The summed E-state index contributed by atoms with van der Waals surface area (Å²) in [4.78, 5) is 24.8. The van der Waals surface area contributed by atoms with Crippen LogP contribution in [0.2, 0.25) is 0 Å². The van der Waals surface area contributed by atoms with Crippen molar-refractivity contribution in [1.82, 2.24) is 15.0 Å². The molecule has 2 aromatic heterocycles. The minimum atomic E-state index is -0.503. The number of carbonyl (C=O) groups is 1. The van der Waals surface area contributed by atoms with E-state index in [4.69, 9.17) is 0 Å². The van der Waals surface area contributed by atoms with Gasteiger partial charge in [-0.05, 0) is 36.8 Å².